The van der Waals surface area contributed by atoms with E-state index in [9.17, 15) is 23.6 Å². The van der Waals surface area contributed by atoms with Gasteiger partial charge in [0, 0.05) is 19.5 Å². The number of piperidine rings is 1. The lowest BCUT2D eigenvalue weighted by Crippen LogP contribution is -2.54. The van der Waals surface area contributed by atoms with Gasteiger partial charge in [-0.05, 0) is 31.0 Å². The Kier molecular flexibility index (Phi) is 4.72. The smallest absolute Gasteiger partial charge is 0.262 e. The van der Waals surface area contributed by atoms with Gasteiger partial charge < -0.3 is 10.6 Å². The van der Waals surface area contributed by atoms with Crippen LogP contribution >= 0.6 is 0 Å². The van der Waals surface area contributed by atoms with Gasteiger partial charge in [-0.1, -0.05) is 12.1 Å². The van der Waals surface area contributed by atoms with Crippen molar-refractivity contribution in [3.05, 3.63) is 34.9 Å². The number of halogens is 1. The maximum atomic E-state index is 13.5. The Morgan fingerprint density at radius 2 is 2.04 bits per heavy atom. The summed E-state index contributed by atoms with van der Waals surface area (Å²) in [5.74, 6) is -2.15. The van der Waals surface area contributed by atoms with Crippen LogP contribution < -0.4 is 16.0 Å². The van der Waals surface area contributed by atoms with Crippen molar-refractivity contribution in [1.82, 2.24) is 20.9 Å². The number of fused-ring (bicyclic) bond motifs is 1. The van der Waals surface area contributed by atoms with Gasteiger partial charge in [-0.25, -0.2) is 4.39 Å². The Morgan fingerprint density at radius 3 is 2.71 bits per heavy atom. The molecule has 8 nitrogen and oxygen atoms in total. The summed E-state index contributed by atoms with van der Waals surface area (Å²) in [5, 5.41) is 8.49. The monoisotopic (exact) mass is 388 g/mol. The summed E-state index contributed by atoms with van der Waals surface area (Å²) in [6.07, 6.45) is 0.818. The normalized spacial score (nSPS) is 27.3. The van der Waals surface area contributed by atoms with Gasteiger partial charge in [0.1, 0.15) is 12.7 Å². The highest BCUT2D eigenvalue weighted by Gasteiger charge is 2.45. The van der Waals surface area contributed by atoms with Gasteiger partial charge in [0.15, 0.2) is 0 Å². The molecule has 3 aliphatic heterocycles. The third-order valence-electron chi connectivity index (χ3n) is 5.71. The maximum Gasteiger partial charge on any atom is 0.262 e. The first kappa shape index (κ1) is 18.7. The summed E-state index contributed by atoms with van der Waals surface area (Å²) in [6.45, 7) is 0.902. The summed E-state index contributed by atoms with van der Waals surface area (Å²) in [7, 11) is 0. The van der Waals surface area contributed by atoms with E-state index in [0.717, 1.165) is 4.90 Å². The quantitative estimate of drug-likeness (QED) is 0.607. The van der Waals surface area contributed by atoms with Crippen molar-refractivity contribution in [2.45, 2.75) is 37.4 Å². The zero-order chi connectivity index (χ0) is 19.9. The number of nitrogens with one attached hydrogen (secondary N) is 3. The van der Waals surface area contributed by atoms with Crippen LogP contribution in [-0.2, 0) is 16.1 Å². The van der Waals surface area contributed by atoms with Gasteiger partial charge in [-0.15, -0.1) is 0 Å². The molecule has 3 heterocycles. The lowest BCUT2D eigenvalue weighted by molar-refractivity contribution is -0.136. The molecule has 0 spiro atoms. The first-order valence-electron chi connectivity index (χ1n) is 9.31. The highest BCUT2D eigenvalue weighted by molar-refractivity contribution is 6.24. The number of carbonyl (C=O) groups excluding carboxylic acids is 4. The second kappa shape index (κ2) is 7.06. The second-order valence-electron chi connectivity index (χ2n) is 7.48. The van der Waals surface area contributed by atoms with E-state index in [1.807, 2.05) is 0 Å². The topological polar surface area (TPSA) is 108 Å². The minimum absolute atomic E-state index is 0.0737. The van der Waals surface area contributed by atoms with Crippen LogP contribution in [0.5, 0.6) is 0 Å². The molecule has 148 valence electrons. The molecule has 2 fully saturated rings. The van der Waals surface area contributed by atoms with E-state index in [0.29, 0.717) is 25.1 Å². The van der Waals surface area contributed by atoms with Gasteiger partial charge in [0.05, 0.1) is 16.7 Å². The Bertz CT molecular complexity index is 865. The standard InChI is InChI=1S/C19H21FN4O4/c20-9-19(6-7-21-10-19)22-8-11-2-1-3-12-15(11)18(28)24(17(12)27)13-4-5-14(25)23-16(13)26/h1-3,13,21-22H,4-10H2,(H,23,25,26). The van der Waals surface area contributed by atoms with Crippen LogP contribution in [0.2, 0.25) is 0 Å². The van der Waals surface area contributed by atoms with Crippen LogP contribution in [0.15, 0.2) is 18.2 Å². The molecule has 2 unspecified atom stereocenters. The molecule has 0 radical (unpaired) electrons. The van der Waals surface area contributed by atoms with Crippen molar-refractivity contribution in [3.63, 3.8) is 0 Å². The van der Waals surface area contributed by atoms with Crippen LogP contribution in [0.3, 0.4) is 0 Å². The number of imide groups is 2. The molecule has 4 amide bonds. The summed E-state index contributed by atoms with van der Waals surface area (Å²) in [4.78, 5) is 50.3. The molecule has 2 saturated heterocycles. The third kappa shape index (κ3) is 3.00. The Balaban J connectivity index is 1.59. The van der Waals surface area contributed by atoms with E-state index >= 15 is 0 Å². The average Bonchev–Trinajstić information content (AvgIpc) is 3.26. The average molecular weight is 388 g/mol. The number of alkyl halides is 1. The molecule has 28 heavy (non-hydrogen) atoms. The fraction of sp³-hybridized carbons (Fsp3) is 0.474. The maximum absolute atomic E-state index is 13.5. The molecule has 3 N–H and O–H groups in total. The first-order valence-corrected chi connectivity index (χ1v) is 9.31. The van der Waals surface area contributed by atoms with Crippen molar-refractivity contribution in [2.24, 2.45) is 0 Å². The predicted octanol–water partition coefficient (Wildman–Crippen LogP) is -0.121. The first-order chi connectivity index (χ1) is 13.5. The van der Waals surface area contributed by atoms with Crippen LogP contribution in [0.1, 0.15) is 45.5 Å². The van der Waals surface area contributed by atoms with Gasteiger partial charge in [0.2, 0.25) is 11.8 Å². The summed E-state index contributed by atoms with van der Waals surface area (Å²) in [5.41, 5.74) is 0.375. The lowest BCUT2D eigenvalue weighted by atomic mass is 9.98. The van der Waals surface area contributed by atoms with Crippen LogP contribution in [-0.4, -0.2) is 59.9 Å². The molecule has 2 atom stereocenters. The zero-order valence-corrected chi connectivity index (χ0v) is 15.2. The number of hydrogen-bond acceptors (Lipinski definition) is 6. The van der Waals surface area contributed by atoms with Gasteiger partial charge in [-0.2, -0.15) is 0 Å². The Morgan fingerprint density at radius 1 is 1.21 bits per heavy atom. The number of rotatable bonds is 5. The van der Waals surface area contributed by atoms with Gasteiger partial charge in [0.25, 0.3) is 11.8 Å². The van der Waals surface area contributed by atoms with Gasteiger partial charge >= 0.3 is 0 Å². The fourth-order valence-corrected chi connectivity index (χ4v) is 4.07. The molecule has 1 aromatic carbocycles. The minimum atomic E-state index is -0.998. The number of benzene rings is 1. The third-order valence-corrected chi connectivity index (χ3v) is 5.71. The summed E-state index contributed by atoms with van der Waals surface area (Å²) < 4.78 is 13.5. The Labute approximate surface area is 160 Å². The summed E-state index contributed by atoms with van der Waals surface area (Å²) in [6, 6.07) is 3.94. The zero-order valence-electron chi connectivity index (χ0n) is 15.2. The van der Waals surface area contributed by atoms with E-state index < -0.39 is 41.9 Å². The van der Waals surface area contributed by atoms with E-state index in [1.54, 1.807) is 18.2 Å². The van der Waals surface area contributed by atoms with Crippen molar-refractivity contribution >= 4 is 23.6 Å². The van der Waals surface area contributed by atoms with Crippen molar-refractivity contribution in [3.8, 4) is 0 Å². The molecule has 0 saturated carbocycles. The number of hydrogen-bond donors (Lipinski definition) is 3. The van der Waals surface area contributed by atoms with Gasteiger partial charge in [-0.3, -0.25) is 29.4 Å². The van der Waals surface area contributed by atoms with Crippen molar-refractivity contribution in [2.75, 3.05) is 19.8 Å². The fourth-order valence-electron chi connectivity index (χ4n) is 4.07. The molecule has 1 aromatic rings. The Hall–Kier alpha value is -2.65. The van der Waals surface area contributed by atoms with E-state index in [2.05, 4.69) is 16.0 Å². The highest BCUT2D eigenvalue weighted by Crippen LogP contribution is 2.30. The molecular formula is C19H21FN4O4. The number of carbonyl (C=O) groups is 4. The summed E-state index contributed by atoms with van der Waals surface area (Å²) >= 11 is 0. The van der Waals surface area contributed by atoms with Crippen LogP contribution in [0, 0.1) is 0 Å². The predicted molar refractivity (Wildman–Crippen MR) is 96.1 cm³/mol. The van der Waals surface area contributed by atoms with E-state index in [4.69, 9.17) is 0 Å². The number of amides is 4. The van der Waals surface area contributed by atoms with E-state index in [1.165, 1.54) is 0 Å². The molecule has 0 bridgehead atoms. The number of nitrogens with zero attached hydrogens (tertiary/aromatic N) is 1. The largest absolute Gasteiger partial charge is 0.315 e. The lowest BCUT2D eigenvalue weighted by Gasteiger charge is -2.28. The molecular weight excluding hydrogens is 367 g/mol. The van der Waals surface area contributed by atoms with Crippen LogP contribution in [0.25, 0.3) is 0 Å². The minimum Gasteiger partial charge on any atom is -0.315 e. The molecule has 9 heteroatoms. The van der Waals surface area contributed by atoms with Crippen molar-refractivity contribution < 1.29 is 23.6 Å². The van der Waals surface area contributed by atoms with Crippen molar-refractivity contribution in [1.29, 1.82) is 0 Å². The highest BCUT2D eigenvalue weighted by atomic mass is 19.1. The SMILES string of the molecule is O=C1CCC(N2C(=O)c3cccc(CNC4(CF)CCNC4)c3C2=O)C(=O)N1. The molecule has 0 aliphatic carbocycles. The van der Waals surface area contributed by atoms with E-state index in [-0.39, 0.29) is 30.5 Å². The molecule has 3 aliphatic rings. The molecule has 4 rings (SSSR count). The second-order valence-corrected chi connectivity index (χ2v) is 7.48. The molecule has 0 aromatic heterocycles. The van der Waals surface area contributed by atoms with Crippen LogP contribution in [0.4, 0.5) is 4.39 Å².